The van der Waals surface area contributed by atoms with E-state index in [0.29, 0.717) is 37.8 Å². The Kier molecular flexibility index (Phi) is 3.64. The van der Waals surface area contributed by atoms with Crippen LogP contribution in [0.3, 0.4) is 0 Å². The lowest BCUT2D eigenvalue weighted by atomic mass is 9.53. The Balaban J connectivity index is 1.32. The van der Waals surface area contributed by atoms with Crippen molar-refractivity contribution in [1.29, 1.82) is 0 Å². The first kappa shape index (κ1) is 16.9. The molecule has 0 unspecified atom stereocenters. The van der Waals surface area contributed by atoms with Gasteiger partial charge in [-0.3, -0.25) is 0 Å². The van der Waals surface area contributed by atoms with Gasteiger partial charge in [0.25, 0.3) is 10.2 Å². The summed E-state index contributed by atoms with van der Waals surface area (Å²) in [5.41, 5.74) is 0. The molecule has 0 aromatic rings. The first-order valence-corrected chi connectivity index (χ1v) is 11.0. The molecule has 0 radical (unpaired) electrons. The molecule has 0 N–H and O–H groups in total. The predicted octanol–water partition coefficient (Wildman–Crippen LogP) is 1.72. The van der Waals surface area contributed by atoms with Crippen LogP contribution in [0.25, 0.3) is 0 Å². The van der Waals surface area contributed by atoms with Crippen molar-refractivity contribution in [2.45, 2.75) is 56.5 Å². The van der Waals surface area contributed by atoms with Crippen molar-refractivity contribution < 1.29 is 22.9 Å². The number of piperidine rings is 1. The predicted molar refractivity (Wildman–Crippen MR) is 89.2 cm³/mol. The maximum Gasteiger partial charge on any atom is 0.281 e. The van der Waals surface area contributed by atoms with Crippen molar-refractivity contribution in [1.82, 2.24) is 8.61 Å². The molecule has 4 saturated carbocycles. The summed E-state index contributed by atoms with van der Waals surface area (Å²) >= 11 is 0. The van der Waals surface area contributed by atoms with Crippen molar-refractivity contribution in [3.8, 4) is 0 Å². The van der Waals surface area contributed by atoms with Gasteiger partial charge in [-0.25, -0.2) is 0 Å². The van der Waals surface area contributed by atoms with E-state index in [9.17, 15) is 8.42 Å². The molecule has 25 heavy (non-hydrogen) atoms. The molecule has 2 spiro atoms. The molecule has 0 aromatic heterocycles. The largest absolute Gasteiger partial charge is 0.312 e. The normalized spacial score (nSPS) is 45.9. The fraction of sp³-hybridized carbons (Fsp3) is 1.00. The van der Waals surface area contributed by atoms with E-state index < -0.39 is 21.8 Å². The van der Waals surface area contributed by atoms with Crippen molar-refractivity contribution >= 4 is 10.2 Å². The lowest BCUT2D eigenvalue weighted by Crippen LogP contribution is -2.60. The summed E-state index contributed by atoms with van der Waals surface area (Å²) in [6.45, 7) is 0.807. The minimum Gasteiger partial charge on any atom is -0.312 e. The average molecular weight is 372 g/mol. The number of hydrogen-bond acceptors (Lipinski definition) is 5. The molecule has 6 fully saturated rings. The second-order valence-electron chi connectivity index (χ2n) is 8.89. The van der Waals surface area contributed by atoms with Crippen LogP contribution >= 0.6 is 0 Å². The van der Waals surface area contributed by atoms with Gasteiger partial charge in [0, 0.05) is 51.9 Å². The van der Waals surface area contributed by atoms with Crippen LogP contribution in [0.4, 0.5) is 0 Å². The molecule has 4 bridgehead atoms. The molecule has 6 aliphatic rings. The number of nitrogens with zero attached hydrogens (tertiary/aromatic N) is 2. The molecule has 6 rings (SSSR count). The molecular formula is C17H28N2O5S. The molecule has 0 amide bonds. The topological polar surface area (TPSA) is 68.3 Å². The van der Waals surface area contributed by atoms with Crippen LogP contribution in [0, 0.1) is 23.7 Å². The SMILES string of the molecule is CN(C)S(=O)(=O)N1CCC2(CC1)OOC1(O2)C2CC3CC(C2)CC1C3. The van der Waals surface area contributed by atoms with Gasteiger partial charge in [-0.2, -0.15) is 26.8 Å². The average Bonchev–Trinajstić information content (AvgIpc) is 2.93. The summed E-state index contributed by atoms with van der Waals surface area (Å²) in [6.07, 6.45) is 7.18. The fourth-order valence-corrected chi connectivity index (χ4v) is 7.19. The molecule has 0 atom stereocenters. The quantitative estimate of drug-likeness (QED) is 0.691. The third-order valence-corrected chi connectivity index (χ3v) is 9.16. The summed E-state index contributed by atoms with van der Waals surface area (Å²) in [7, 11) is -0.253. The summed E-state index contributed by atoms with van der Waals surface area (Å²) in [5, 5.41) is 0. The second kappa shape index (κ2) is 5.39. The van der Waals surface area contributed by atoms with E-state index in [1.54, 1.807) is 14.1 Å². The van der Waals surface area contributed by atoms with Crippen LogP contribution in [-0.2, 0) is 24.7 Å². The van der Waals surface area contributed by atoms with E-state index in [-0.39, 0.29) is 0 Å². The monoisotopic (exact) mass is 372 g/mol. The fourth-order valence-electron chi connectivity index (χ4n) is 6.08. The molecule has 4 aliphatic carbocycles. The van der Waals surface area contributed by atoms with Gasteiger partial charge in [0.15, 0.2) is 0 Å². The Morgan fingerprint density at radius 2 is 1.48 bits per heavy atom. The lowest BCUT2D eigenvalue weighted by molar-refractivity contribution is -0.390. The van der Waals surface area contributed by atoms with E-state index in [0.717, 1.165) is 11.8 Å². The Labute approximate surface area is 149 Å². The van der Waals surface area contributed by atoms with Crippen molar-refractivity contribution in [2.75, 3.05) is 27.2 Å². The van der Waals surface area contributed by atoms with Crippen LogP contribution in [0.1, 0.15) is 44.9 Å². The lowest BCUT2D eigenvalue weighted by Gasteiger charge is -2.57. The van der Waals surface area contributed by atoms with E-state index in [1.807, 2.05) is 0 Å². The minimum atomic E-state index is -3.38. The molecule has 2 heterocycles. The van der Waals surface area contributed by atoms with Crippen LogP contribution in [0.2, 0.25) is 0 Å². The maximum atomic E-state index is 12.3. The minimum absolute atomic E-state index is 0.403. The smallest absolute Gasteiger partial charge is 0.281 e. The van der Waals surface area contributed by atoms with Crippen LogP contribution < -0.4 is 0 Å². The number of hydrogen-bond donors (Lipinski definition) is 0. The van der Waals surface area contributed by atoms with Gasteiger partial charge in [0.05, 0.1) is 0 Å². The van der Waals surface area contributed by atoms with Crippen molar-refractivity contribution in [2.24, 2.45) is 23.7 Å². The van der Waals surface area contributed by atoms with Crippen molar-refractivity contribution in [3.05, 3.63) is 0 Å². The highest BCUT2D eigenvalue weighted by Gasteiger charge is 2.67. The zero-order valence-corrected chi connectivity index (χ0v) is 15.8. The van der Waals surface area contributed by atoms with E-state index in [4.69, 9.17) is 14.5 Å². The van der Waals surface area contributed by atoms with Crippen LogP contribution in [0.15, 0.2) is 0 Å². The zero-order valence-electron chi connectivity index (χ0n) is 15.0. The van der Waals surface area contributed by atoms with Crippen LogP contribution in [-0.4, -0.2) is 55.8 Å². The first-order chi connectivity index (χ1) is 11.8. The van der Waals surface area contributed by atoms with Crippen molar-refractivity contribution in [3.63, 3.8) is 0 Å². The van der Waals surface area contributed by atoms with Crippen LogP contribution in [0.5, 0.6) is 0 Å². The maximum absolute atomic E-state index is 12.3. The Morgan fingerprint density at radius 1 is 0.920 bits per heavy atom. The first-order valence-electron chi connectivity index (χ1n) is 9.58. The Bertz CT molecular complexity index is 628. The Hall–Kier alpha value is -0.250. The summed E-state index contributed by atoms with van der Waals surface area (Å²) in [6, 6.07) is 0. The van der Waals surface area contributed by atoms with E-state index in [2.05, 4.69) is 0 Å². The van der Waals surface area contributed by atoms with Gasteiger partial charge in [0.2, 0.25) is 11.6 Å². The molecule has 8 heteroatoms. The third-order valence-electron chi connectivity index (χ3n) is 7.22. The van der Waals surface area contributed by atoms with E-state index >= 15 is 0 Å². The standard InChI is InChI=1S/C17H28N2O5S/c1-18(2)25(20,21)19-5-3-16(4-6-19)22-17(24-23-16)14-8-12-7-13(10-14)11-15(17)9-12/h12-15H,3-11H2,1-2H3. The Morgan fingerprint density at radius 3 is 2.00 bits per heavy atom. The highest BCUT2D eigenvalue weighted by Crippen LogP contribution is 2.63. The van der Waals surface area contributed by atoms with Gasteiger partial charge in [-0.15, -0.1) is 0 Å². The zero-order chi connectivity index (χ0) is 17.4. The van der Waals surface area contributed by atoms with Gasteiger partial charge in [-0.05, 0) is 43.9 Å². The molecular weight excluding hydrogens is 344 g/mol. The highest BCUT2D eigenvalue weighted by molar-refractivity contribution is 7.86. The number of rotatable bonds is 2. The highest BCUT2D eigenvalue weighted by atomic mass is 32.2. The van der Waals surface area contributed by atoms with Gasteiger partial charge >= 0.3 is 0 Å². The molecule has 0 aromatic carbocycles. The van der Waals surface area contributed by atoms with Gasteiger partial charge in [0.1, 0.15) is 0 Å². The second-order valence-corrected chi connectivity index (χ2v) is 11.0. The van der Waals surface area contributed by atoms with Gasteiger partial charge < -0.3 is 4.74 Å². The summed E-state index contributed by atoms with van der Waals surface area (Å²) < 4.78 is 34.0. The summed E-state index contributed by atoms with van der Waals surface area (Å²) in [5.74, 6) is 1.20. The summed E-state index contributed by atoms with van der Waals surface area (Å²) in [4.78, 5) is 11.8. The molecule has 7 nitrogen and oxygen atoms in total. The van der Waals surface area contributed by atoms with E-state index in [1.165, 1.54) is 40.7 Å². The molecule has 142 valence electrons. The third kappa shape index (κ3) is 2.38. The number of ether oxygens (including phenoxy) is 1. The molecule has 2 aliphatic heterocycles. The van der Waals surface area contributed by atoms with Gasteiger partial charge in [-0.1, -0.05) is 0 Å². The molecule has 2 saturated heterocycles.